The first-order chi connectivity index (χ1) is 7.95. The Morgan fingerprint density at radius 2 is 2.12 bits per heavy atom. The van der Waals surface area contributed by atoms with Gasteiger partial charge in [-0.25, -0.2) is 4.39 Å². The number of halogens is 3. The van der Waals surface area contributed by atoms with Crippen LogP contribution in [0.1, 0.15) is 0 Å². The van der Waals surface area contributed by atoms with Gasteiger partial charge in [-0.3, -0.25) is 10.1 Å². The Morgan fingerprint density at radius 3 is 2.65 bits per heavy atom. The molecule has 0 bridgehead atoms. The second kappa shape index (κ2) is 5.87. The van der Waals surface area contributed by atoms with Crippen LogP contribution in [-0.4, -0.2) is 28.1 Å². The van der Waals surface area contributed by atoms with E-state index >= 15 is 0 Å². The molecule has 1 atom stereocenters. The van der Waals surface area contributed by atoms with Crippen LogP contribution in [0.2, 0.25) is 0 Å². The summed E-state index contributed by atoms with van der Waals surface area (Å²) in [7, 11) is 0. The van der Waals surface area contributed by atoms with Gasteiger partial charge in [0.25, 0.3) is 0 Å². The van der Waals surface area contributed by atoms with E-state index in [2.05, 4.69) is 15.9 Å². The second-order valence-corrected chi connectivity index (χ2v) is 3.76. The molecular formula is C9H8BrF2NO4. The lowest BCUT2D eigenvalue weighted by Gasteiger charge is -2.10. The molecule has 0 saturated heterocycles. The normalized spacial score (nSPS) is 12.2. The largest absolute Gasteiger partial charge is 0.488 e. The molecule has 0 aliphatic rings. The van der Waals surface area contributed by atoms with Gasteiger partial charge in [0.05, 0.1) is 17.1 Å². The molecule has 0 radical (unpaired) electrons. The van der Waals surface area contributed by atoms with Gasteiger partial charge in [0, 0.05) is 11.4 Å². The fraction of sp³-hybridized carbons (Fsp3) is 0.333. The lowest BCUT2D eigenvalue weighted by molar-refractivity contribution is -0.387. The summed E-state index contributed by atoms with van der Waals surface area (Å²) < 4.78 is 31.2. The maximum absolute atomic E-state index is 13.3. The first kappa shape index (κ1) is 13.8. The molecule has 1 unspecified atom stereocenters. The quantitative estimate of drug-likeness (QED) is 0.513. The number of aliphatic hydroxyl groups excluding tert-OH is 1. The Kier molecular flexibility index (Phi) is 4.76. The van der Waals surface area contributed by atoms with Gasteiger partial charge >= 0.3 is 5.69 Å². The number of aliphatic hydroxyl groups is 1. The predicted molar refractivity (Wildman–Crippen MR) is 58.3 cm³/mol. The molecule has 0 heterocycles. The molecule has 1 N–H and O–H groups in total. The predicted octanol–water partition coefficient (Wildman–Crippen LogP) is 2.01. The lowest BCUT2D eigenvalue weighted by Crippen LogP contribution is -2.19. The Balaban J connectivity index is 2.88. The van der Waals surface area contributed by atoms with Crippen molar-refractivity contribution in [1.82, 2.24) is 0 Å². The van der Waals surface area contributed by atoms with Crippen molar-refractivity contribution >= 4 is 21.6 Å². The Bertz CT molecular complexity index is 430. The van der Waals surface area contributed by atoms with Crippen LogP contribution in [-0.2, 0) is 0 Å². The number of nitrogens with zero attached hydrogens (tertiary/aromatic N) is 1. The molecule has 0 aromatic heterocycles. The van der Waals surface area contributed by atoms with Gasteiger partial charge in [-0.1, -0.05) is 15.9 Å². The molecule has 0 aliphatic heterocycles. The van der Waals surface area contributed by atoms with Crippen molar-refractivity contribution in [3.63, 3.8) is 0 Å². The highest BCUT2D eigenvalue weighted by atomic mass is 79.9. The standard InChI is InChI=1S/C9H8BrF2NO4/c10-3-5(14)4-17-9-2-6(11)8(13(15)16)1-7(9)12/h1-2,5,14H,3-4H2. The smallest absolute Gasteiger partial charge is 0.307 e. The molecule has 94 valence electrons. The molecule has 0 spiro atoms. The monoisotopic (exact) mass is 311 g/mol. The molecule has 1 aromatic rings. The molecule has 1 aromatic carbocycles. The van der Waals surface area contributed by atoms with E-state index in [0.717, 1.165) is 0 Å². The van der Waals surface area contributed by atoms with Crippen LogP contribution < -0.4 is 4.74 Å². The van der Waals surface area contributed by atoms with Crippen molar-refractivity contribution in [2.24, 2.45) is 0 Å². The van der Waals surface area contributed by atoms with Crippen LogP contribution in [0.4, 0.5) is 14.5 Å². The molecule has 0 saturated carbocycles. The van der Waals surface area contributed by atoms with Crippen molar-refractivity contribution < 1.29 is 23.5 Å². The molecule has 17 heavy (non-hydrogen) atoms. The van der Waals surface area contributed by atoms with Crippen molar-refractivity contribution in [2.75, 3.05) is 11.9 Å². The number of rotatable bonds is 5. The van der Waals surface area contributed by atoms with Crippen molar-refractivity contribution in [2.45, 2.75) is 6.10 Å². The van der Waals surface area contributed by atoms with Crippen molar-refractivity contribution in [1.29, 1.82) is 0 Å². The molecule has 0 aliphatic carbocycles. The zero-order valence-corrected chi connectivity index (χ0v) is 9.99. The van der Waals surface area contributed by atoms with Gasteiger partial charge in [0.1, 0.15) is 6.61 Å². The van der Waals surface area contributed by atoms with Crippen molar-refractivity contribution in [3.8, 4) is 5.75 Å². The number of alkyl halides is 1. The first-order valence-corrected chi connectivity index (χ1v) is 5.58. The number of nitro benzene ring substituents is 1. The van der Waals surface area contributed by atoms with Crippen LogP contribution in [0.15, 0.2) is 12.1 Å². The number of nitro groups is 1. The zero-order valence-electron chi connectivity index (χ0n) is 8.40. The van der Waals surface area contributed by atoms with Crippen molar-refractivity contribution in [3.05, 3.63) is 33.9 Å². The second-order valence-electron chi connectivity index (χ2n) is 3.11. The molecule has 5 nitrogen and oxygen atoms in total. The van der Waals surface area contributed by atoms with Gasteiger partial charge in [0.2, 0.25) is 5.82 Å². The maximum Gasteiger partial charge on any atom is 0.307 e. The molecule has 8 heteroatoms. The highest BCUT2D eigenvalue weighted by Gasteiger charge is 2.19. The Hall–Kier alpha value is -1.28. The molecule has 0 fully saturated rings. The van der Waals surface area contributed by atoms with Gasteiger partial charge in [-0.15, -0.1) is 0 Å². The molecule has 0 amide bonds. The number of ether oxygens (including phenoxy) is 1. The fourth-order valence-electron chi connectivity index (χ4n) is 0.999. The minimum Gasteiger partial charge on any atom is -0.488 e. The Morgan fingerprint density at radius 1 is 1.47 bits per heavy atom. The van der Waals surface area contributed by atoms with Gasteiger partial charge in [0.15, 0.2) is 11.6 Å². The zero-order chi connectivity index (χ0) is 13.0. The fourth-order valence-corrected chi connectivity index (χ4v) is 1.19. The molecular weight excluding hydrogens is 304 g/mol. The lowest BCUT2D eigenvalue weighted by atomic mass is 10.3. The summed E-state index contributed by atoms with van der Waals surface area (Å²) in [4.78, 5) is 9.28. The summed E-state index contributed by atoms with van der Waals surface area (Å²) in [6.07, 6.45) is -0.882. The summed E-state index contributed by atoms with van der Waals surface area (Å²) in [6, 6.07) is 1.01. The summed E-state index contributed by atoms with van der Waals surface area (Å²) in [5.41, 5.74) is -0.962. The van der Waals surface area contributed by atoms with Crippen LogP contribution >= 0.6 is 15.9 Å². The van der Waals surface area contributed by atoms with E-state index in [-0.39, 0.29) is 11.9 Å². The topological polar surface area (TPSA) is 72.6 Å². The van der Waals surface area contributed by atoms with Gasteiger partial charge in [-0.2, -0.15) is 4.39 Å². The first-order valence-electron chi connectivity index (χ1n) is 4.46. The van der Waals surface area contributed by atoms with E-state index in [4.69, 9.17) is 9.84 Å². The van der Waals surface area contributed by atoms with E-state index in [0.29, 0.717) is 12.1 Å². The minimum absolute atomic E-state index is 0.212. The summed E-state index contributed by atoms with van der Waals surface area (Å²) in [5, 5.41) is 19.6. The highest BCUT2D eigenvalue weighted by molar-refractivity contribution is 9.09. The summed E-state index contributed by atoms with van der Waals surface area (Å²) >= 11 is 2.96. The highest BCUT2D eigenvalue weighted by Crippen LogP contribution is 2.26. The molecule has 1 rings (SSSR count). The third-order valence-corrected chi connectivity index (χ3v) is 2.55. The van der Waals surface area contributed by atoms with E-state index in [9.17, 15) is 18.9 Å². The van der Waals surface area contributed by atoms with E-state index in [1.54, 1.807) is 0 Å². The van der Waals surface area contributed by atoms with E-state index < -0.39 is 34.1 Å². The van der Waals surface area contributed by atoms with E-state index in [1.807, 2.05) is 0 Å². The average molecular weight is 312 g/mol. The van der Waals surface area contributed by atoms with Gasteiger partial charge in [-0.05, 0) is 0 Å². The number of benzene rings is 1. The number of hydrogen-bond donors (Lipinski definition) is 1. The summed E-state index contributed by atoms with van der Waals surface area (Å²) in [6.45, 7) is -0.251. The van der Waals surface area contributed by atoms with Crippen LogP contribution in [0, 0.1) is 21.7 Å². The van der Waals surface area contributed by atoms with Crippen LogP contribution in [0.25, 0.3) is 0 Å². The number of hydrogen-bond acceptors (Lipinski definition) is 4. The van der Waals surface area contributed by atoms with Gasteiger partial charge < -0.3 is 9.84 Å². The SMILES string of the molecule is O=[N+]([O-])c1cc(F)c(OCC(O)CBr)cc1F. The van der Waals surface area contributed by atoms with Crippen LogP contribution in [0.3, 0.4) is 0 Å². The summed E-state index contributed by atoms with van der Waals surface area (Å²) in [5.74, 6) is -2.73. The maximum atomic E-state index is 13.3. The van der Waals surface area contributed by atoms with Crippen LogP contribution in [0.5, 0.6) is 5.75 Å². The van der Waals surface area contributed by atoms with E-state index in [1.165, 1.54) is 0 Å². The Labute approximate surface area is 103 Å². The third kappa shape index (κ3) is 3.60. The minimum atomic E-state index is -1.19. The average Bonchev–Trinajstić information content (AvgIpc) is 2.28. The third-order valence-electron chi connectivity index (χ3n) is 1.81.